The number of rotatable bonds is 3. The van der Waals surface area contributed by atoms with Gasteiger partial charge in [0.15, 0.2) is 11.6 Å². The van der Waals surface area contributed by atoms with Gasteiger partial charge in [-0.25, -0.2) is 4.79 Å². The molecule has 5 nitrogen and oxygen atoms in total. The molecule has 1 rings (SSSR count). The molecule has 17 heavy (non-hydrogen) atoms. The molecule has 89 valence electrons. The summed E-state index contributed by atoms with van der Waals surface area (Å²) in [5, 5.41) is 2.37. The molecule has 1 aromatic rings. The summed E-state index contributed by atoms with van der Waals surface area (Å²) in [4.78, 5) is 33.6. The highest BCUT2D eigenvalue weighted by atomic mass is 16.5. The molecule has 0 saturated carbocycles. The summed E-state index contributed by atoms with van der Waals surface area (Å²) in [5.41, 5.74) is 0.958. The third-order valence-corrected chi connectivity index (χ3v) is 2.16. The van der Waals surface area contributed by atoms with E-state index in [1.165, 1.54) is 32.0 Å². The SMILES string of the molecule is [CH2]OC(=O)Nc1ccc(C(C)=O)c(C(C)=O)c1. The predicted molar refractivity (Wildman–Crippen MR) is 61.9 cm³/mol. The van der Waals surface area contributed by atoms with Gasteiger partial charge in [-0.15, -0.1) is 0 Å². The van der Waals surface area contributed by atoms with Gasteiger partial charge in [0.1, 0.15) is 7.11 Å². The van der Waals surface area contributed by atoms with E-state index < -0.39 is 6.09 Å². The molecule has 5 heteroatoms. The van der Waals surface area contributed by atoms with Crippen molar-refractivity contribution in [3.63, 3.8) is 0 Å². The highest BCUT2D eigenvalue weighted by molar-refractivity contribution is 6.08. The minimum absolute atomic E-state index is 0.207. The Balaban J connectivity index is 3.14. The van der Waals surface area contributed by atoms with Crippen molar-refractivity contribution in [3.05, 3.63) is 36.4 Å². The molecule has 0 aliphatic carbocycles. The molecule has 1 N–H and O–H groups in total. The van der Waals surface area contributed by atoms with E-state index in [4.69, 9.17) is 0 Å². The van der Waals surface area contributed by atoms with Gasteiger partial charge in [0.25, 0.3) is 0 Å². The van der Waals surface area contributed by atoms with Crippen LogP contribution in [0.25, 0.3) is 0 Å². The first kappa shape index (κ1) is 12.9. The van der Waals surface area contributed by atoms with Crippen LogP contribution in [0.3, 0.4) is 0 Å². The first-order valence-electron chi connectivity index (χ1n) is 4.84. The molecular weight excluding hydrogens is 222 g/mol. The third kappa shape index (κ3) is 3.14. The van der Waals surface area contributed by atoms with E-state index in [0.717, 1.165) is 0 Å². The Bertz CT molecular complexity index is 479. The summed E-state index contributed by atoms with van der Waals surface area (Å²) in [5.74, 6) is -0.455. The minimum atomic E-state index is -0.741. The summed E-state index contributed by atoms with van der Waals surface area (Å²) in [6.45, 7) is 2.73. The Morgan fingerprint density at radius 3 is 2.18 bits per heavy atom. The summed E-state index contributed by atoms with van der Waals surface area (Å²) in [7, 11) is 2.95. The van der Waals surface area contributed by atoms with E-state index in [0.29, 0.717) is 11.3 Å². The number of Topliss-reactive ketones (excluding diaryl/α,β-unsaturated/α-hetero) is 2. The van der Waals surface area contributed by atoms with Gasteiger partial charge in [0.05, 0.1) is 0 Å². The lowest BCUT2D eigenvalue weighted by Gasteiger charge is -2.08. The number of hydrogen-bond donors (Lipinski definition) is 1. The van der Waals surface area contributed by atoms with Gasteiger partial charge in [-0.2, -0.15) is 0 Å². The topological polar surface area (TPSA) is 72.5 Å². The van der Waals surface area contributed by atoms with Crippen molar-refractivity contribution in [1.29, 1.82) is 0 Å². The van der Waals surface area contributed by atoms with Crippen molar-refractivity contribution in [2.45, 2.75) is 13.8 Å². The fourth-order valence-corrected chi connectivity index (χ4v) is 1.37. The third-order valence-electron chi connectivity index (χ3n) is 2.16. The normalized spacial score (nSPS) is 9.59. The average Bonchev–Trinajstić information content (AvgIpc) is 2.28. The Kier molecular flexibility index (Phi) is 3.98. The van der Waals surface area contributed by atoms with Gasteiger partial charge in [0, 0.05) is 16.8 Å². The van der Waals surface area contributed by atoms with Crippen molar-refractivity contribution in [3.8, 4) is 0 Å². The molecule has 0 heterocycles. The summed E-state index contributed by atoms with van der Waals surface area (Å²) >= 11 is 0. The van der Waals surface area contributed by atoms with Crippen LogP contribution >= 0.6 is 0 Å². The first-order valence-corrected chi connectivity index (χ1v) is 4.84. The highest BCUT2D eigenvalue weighted by Crippen LogP contribution is 2.17. The zero-order valence-corrected chi connectivity index (χ0v) is 9.57. The molecule has 1 radical (unpaired) electrons. The molecule has 0 saturated heterocycles. The molecular formula is C12H12NO4. The molecule has 0 atom stereocenters. The lowest BCUT2D eigenvalue weighted by atomic mass is 10.0. The minimum Gasteiger partial charge on any atom is -0.446 e. The zero-order chi connectivity index (χ0) is 13.0. The molecule has 0 bridgehead atoms. The Labute approximate surface area is 98.8 Å². The van der Waals surface area contributed by atoms with Gasteiger partial charge >= 0.3 is 6.09 Å². The number of benzene rings is 1. The Morgan fingerprint density at radius 1 is 1.12 bits per heavy atom. The smallest absolute Gasteiger partial charge is 0.411 e. The summed E-state index contributed by atoms with van der Waals surface area (Å²) in [6.07, 6.45) is -0.741. The number of hydrogen-bond acceptors (Lipinski definition) is 4. The number of ketones is 2. The number of anilines is 1. The average molecular weight is 234 g/mol. The Morgan fingerprint density at radius 2 is 1.71 bits per heavy atom. The van der Waals surface area contributed by atoms with E-state index in [9.17, 15) is 14.4 Å². The van der Waals surface area contributed by atoms with Crippen LogP contribution < -0.4 is 5.32 Å². The lowest BCUT2D eigenvalue weighted by Crippen LogP contribution is -2.12. The van der Waals surface area contributed by atoms with E-state index in [1.807, 2.05) is 0 Å². The quantitative estimate of drug-likeness (QED) is 0.815. The van der Waals surface area contributed by atoms with Crippen LogP contribution in [-0.4, -0.2) is 17.7 Å². The second-order valence-corrected chi connectivity index (χ2v) is 3.43. The van der Waals surface area contributed by atoms with E-state index in [-0.39, 0.29) is 17.1 Å². The van der Waals surface area contributed by atoms with E-state index in [1.54, 1.807) is 0 Å². The van der Waals surface area contributed by atoms with Crippen LogP contribution in [0.5, 0.6) is 0 Å². The maximum absolute atomic E-state index is 11.4. The van der Waals surface area contributed by atoms with Crippen LogP contribution in [-0.2, 0) is 4.74 Å². The monoisotopic (exact) mass is 234 g/mol. The second-order valence-electron chi connectivity index (χ2n) is 3.43. The molecule has 1 amide bonds. The number of ether oxygens (including phenoxy) is 1. The standard InChI is InChI=1S/C12H12NO4/c1-7(14)10-5-4-9(13-12(16)17-3)6-11(10)8(2)15/h4-6H,3H2,1-2H3,(H,13,16). The van der Waals surface area contributed by atoms with Crippen molar-refractivity contribution < 1.29 is 19.1 Å². The molecule has 0 fully saturated rings. The van der Waals surface area contributed by atoms with E-state index in [2.05, 4.69) is 17.2 Å². The number of carbonyl (C=O) groups excluding carboxylic acids is 3. The fourth-order valence-electron chi connectivity index (χ4n) is 1.37. The zero-order valence-electron chi connectivity index (χ0n) is 9.57. The second kappa shape index (κ2) is 5.25. The lowest BCUT2D eigenvalue weighted by molar-refractivity contribution is 0.0981. The van der Waals surface area contributed by atoms with Crippen LogP contribution in [0.15, 0.2) is 18.2 Å². The van der Waals surface area contributed by atoms with Gasteiger partial charge in [-0.05, 0) is 32.0 Å². The summed E-state index contributed by atoms with van der Waals surface area (Å²) in [6, 6.07) is 4.42. The summed E-state index contributed by atoms with van der Waals surface area (Å²) < 4.78 is 4.18. The van der Waals surface area contributed by atoms with Gasteiger partial charge in [-0.3, -0.25) is 14.9 Å². The molecule has 0 unspecified atom stereocenters. The molecule has 0 spiro atoms. The van der Waals surface area contributed by atoms with Gasteiger partial charge in [0.2, 0.25) is 0 Å². The first-order chi connectivity index (χ1) is 7.95. The molecule has 0 aliphatic rings. The van der Waals surface area contributed by atoms with Crippen molar-refractivity contribution in [2.24, 2.45) is 0 Å². The van der Waals surface area contributed by atoms with Crippen molar-refractivity contribution >= 4 is 23.3 Å². The number of carbonyl (C=O) groups is 3. The molecule has 1 aromatic carbocycles. The number of amides is 1. The van der Waals surface area contributed by atoms with Gasteiger partial charge in [-0.1, -0.05) is 0 Å². The molecule has 0 aromatic heterocycles. The maximum atomic E-state index is 11.4. The van der Waals surface area contributed by atoms with Crippen molar-refractivity contribution in [2.75, 3.05) is 5.32 Å². The van der Waals surface area contributed by atoms with Crippen LogP contribution in [0, 0.1) is 7.11 Å². The van der Waals surface area contributed by atoms with Crippen LogP contribution in [0.1, 0.15) is 34.6 Å². The molecule has 0 aliphatic heterocycles. The van der Waals surface area contributed by atoms with Crippen LogP contribution in [0.4, 0.5) is 10.5 Å². The number of nitrogens with one attached hydrogen (secondary N) is 1. The fraction of sp³-hybridized carbons (Fsp3) is 0.167. The largest absolute Gasteiger partial charge is 0.446 e. The van der Waals surface area contributed by atoms with Gasteiger partial charge < -0.3 is 4.74 Å². The van der Waals surface area contributed by atoms with E-state index >= 15 is 0 Å². The van der Waals surface area contributed by atoms with Crippen LogP contribution in [0.2, 0.25) is 0 Å². The maximum Gasteiger partial charge on any atom is 0.411 e. The Hall–Kier alpha value is -2.17. The van der Waals surface area contributed by atoms with Crippen molar-refractivity contribution in [1.82, 2.24) is 0 Å². The predicted octanol–water partition coefficient (Wildman–Crippen LogP) is 2.43. The highest BCUT2D eigenvalue weighted by Gasteiger charge is 2.12.